The molecule has 0 unspecified atom stereocenters. The van der Waals surface area contributed by atoms with Gasteiger partial charge in [0.25, 0.3) is 0 Å². The highest BCUT2D eigenvalue weighted by atomic mass is 19.1. The number of piperidine rings is 1. The second-order valence-corrected chi connectivity index (χ2v) is 5.96. The Kier molecular flexibility index (Phi) is 4.46. The lowest BCUT2D eigenvalue weighted by Gasteiger charge is -2.35. The largest absolute Gasteiger partial charge is 0.372 e. The molecule has 0 aliphatic carbocycles. The third-order valence-electron chi connectivity index (χ3n) is 4.23. The van der Waals surface area contributed by atoms with E-state index in [9.17, 15) is 4.39 Å². The van der Waals surface area contributed by atoms with Crippen LogP contribution in [0.2, 0.25) is 0 Å². The molecule has 1 saturated heterocycles. The number of alkyl halides is 1. The Hall–Kier alpha value is -1.09. The Morgan fingerprint density at radius 3 is 2.74 bits per heavy atom. The first-order valence-electron chi connectivity index (χ1n) is 7.18. The maximum Gasteiger partial charge on any atom is 0.111 e. The van der Waals surface area contributed by atoms with Gasteiger partial charge in [0.15, 0.2) is 0 Å². The zero-order valence-electron chi connectivity index (χ0n) is 12.1. The zero-order valence-corrected chi connectivity index (χ0v) is 12.1. The van der Waals surface area contributed by atoms with Gasteiger partial charge < -0.3 is 10.2 Å². The van der Waals surface area contributed by atoms with E-state index in [1.54, 1.807) is 6.92 Å². The minimum Gasteiger partial charge on any atom is -0.372 e. The van der Waals surface area contributed by atoms with Gasteiger partial charge in [0.1, 0.15) is 5.67 Å². The standard InChI is InChI=1S/C16H25FN2/c1-13-6-9-18-12-15(13)5-4-14(2)19-10-7-16(3,17)8-11-19/h4-5,18H,2,6-12H2,1,3H3/b5-4-. The SMILES string of the molecule is C=C(/C=C\C1=C(C)CCNC1)N1CCC(C)(F)CC1. The maximum absolute atomic E-state index is 13.7. The quantitative estimate of drug-likeness (QED) is 0.788. The van der Waals surface area contributed by atoms with Crippen molar-refractivity contribution in [1.29, 1.82) is 0 Å². The molecule has 2 rings (SSSR count). The van der Waals surface area contributed by atoms with E-state index in [0.717, 1.165) is 38.3 Å². The molecule has 19 heavy (non-hydrogen) atoms. The van der Waals surface area contributed by atoms with Crippen molar-refractivity contribution >= 4 is 0 Å². The number of allylic oxidation sites excluding steroid dienone is 1. The summed E-state index contributed by atoms with van der Waals surface area (Å²) >= 11 is 0. The van der Waals surface area contributed by atoms with Gasteiger partial charge in [-0.1, -0.05) is 18.2 Å². The molecule has 0 spiro atoms. The van der Waals surface area contributed by atoms with Crippen molar-refractivity contribution in [2.45, 2.75) is 38.8 Å². The van der Waals surface area contributed by atoms with E-state index >= 15 is 0 Å². The number of hydrogen-bond acceptors (Lipinski definition) is 2. The van der Waals surface area contributed by atoms with Gasteiger partial charge in [0.05, 0.1) is 0 Å². The minimum atomic E-state index is -0.993. The molecule has 2 aliphatic heterocycles. The molecule has 2 nitrogen and oxygen atoms in total. The fourth-order valence-corrected chi connectivity index (χ4v) is 2.57. The van der Waals surface area contributed by atoms with Crippen LogP contribution in [0.15, 0.2) is 35.6 Å². The molecule has 2 heterocycles. The van der Waals surface area contributed by atoms with Gasteiger partial charge in [-0.3, -0.25) is 0 Å². The molecule has 1 fully saturated rings. The van der Waals surface area contributed by atoms with Crippen molar-refractivity contribution in [2.75, 3.05) is 26.2 Å². The van der Waals surface area contributed by atoms with E-state index in [1.165, 1.54) is 11.1 Å². The van der Waals surface area contributed by atoms with Crippen LogP contribution < -0.4 is 5.32 Å². The van der Waals surface area contributed by atoms with Gasteiger partial charge in [-0.2, -0.15) is 0 Å². The molecule has 0 aromatic heterocycles. The lowest BCUT2D eigenvalue weighted by molar-refractivity contribution is 0.0922. The fourth-order valence-electron chi connectivity index (χ4n) is 2.57. The maximum atomic E-state index is 13.7. The predicted octanol–water partition coefficient (Wildman–Crippen LogP) is 3.19. The summed E-state index contributed by atoms with van der Waals surface area (Å²) in [6, 6.07) is 0. The first kappa shape index (κ1) is 14.3. The van der Waals surface area contributed by atoms with Crippen LogP contribution >= 0.6 is 0 Å². The van der Waals surface area contributed by atoms with Crippen LogP contribution in [0.5, 0.6) is 0 Å². The smallest absolute Gasteiger partial charge is 0.111 e. The number of rotatable bonds is 3. The summed E-state index contributed by atoms with van der Waals surface area (Å²) in [5.74, 6) is 0. The van der Waals surface area contributed by atoms with Gasteiger partial charge in [-0.25, -0.2) is 4.39 Å². The van der Waals surface area contributed by atoms with Gasteiger partial charge in [-0.15, -0.1) is 0 Å². The van der Waals surface area contributed by atoms with Crippen LogP contribution in [0.3, 0.4) is 0 Å². The molecular formula is C16H25FN2. The average molecular weight is 264 g/mol. The first-order chi connectivity index (χ1) is 8.98. The van der Waals surface area contributed by atoms with Crippen LogP contribution in [0.25, 0.3) is 0 Å². The Morgan fingerprint density at radius 2 is 2.11 bits per heavy atom. The topological polar surface area (TPSA) is 15.3 Å². The number of halogens is 1. The summed E-state index contributed by atoms with van der Waals surface area (Å²) in [7, 11) is 0. The van der Waals surface area contributed by atoms with Crippen LogP contribution in [-0.2, 0) is 0 Å². The molecule has 0 aromatic rings. The van der Waals surface area contributed by atoms with Gasteiger partial charge >= 0.3 is 0 Å². The third kappa shape index (κ3) is 3.93. The monoisotopic (exact) mass is 264 g/mol. The molecule has 1 N–H and O–H groups in total. The second-order valence-electron chi connectivity index (χ2n) is 5.96. The highest BCUT2D eigenvalue weighted by Gasteiger charge is 2.29. The number of likely N-dealkylation sites (tertiary alicyclic amines) is 1. The Morgan fingerprint density at radius 1 is 1.42 bits per heavy atom. The Bertz CT molecular complexity index is 397. The molecular weight excluding hydrogens is 239 g/mol. The molecule has 0 bridgehead atoms. The molecule has 0 radical (unpaired) electrons. The van der Waals surface area contributed by atoms with Crippen LogP contribution in [0.4, 0.5) is 4.39 Å². The summed E-state index contributed by atoms with van der Waals surface area (Å²) in [6.45, 7) is 11.6. The number of nitrogens with zero attached hydrogens (tertiary/aromatic N) is 1. The van der Waals surface area contributed by atoms with Gasteiger partial charge in [-0.05, 0) is 51.3 Å². The summed E-state index contributed by atoms with van der Waals surface area (Å²) in [5, 5.41) is 3.38. The van der Waals surface area contributed by atoms with Crippen LogP contribution in [0, 0.1) is 0 Å². The predicted molar refractivity (Wildman–Crippen MR) is 78.8 cm³/mol. The van der Waals surface area contributed by atoms with E-state index in [4.69, 9.17) is 0 Å². The molecule has 3 heteroatoms. The summed E-state index contributed by atoms with van der Waals surface area (Å²) < 4.78 is 13.7. The second kappa shape index (κ2) is 5.91. The number of nitrogens with one attached hydrogen (secondary N) is 1. The van der Waals surface area contributed by atoms with E-state index in [0.29, 0.717) is 12.8 Å². The van der Waals surface area contributed by atoms with Crippen molar-refractivity contribution in [3.63, 3.8) is 0 Å². The normalized spacial score (nSPS) is 24.1. The highest BCUT2D eigenvalue weighted by molar-refractivity contribution is 5.32. The van der Waals surface area contributed by atoms with Gasteiger partial charge in [0.2, 0.25) is 0 Å². The summed E-state index contributed by atoms with van der Waals surface area (Å²) in [5.41, 5.74) is 2.83. The molecule has 0 amide bonds. The van der Waals surface area contributed by atoms with Crippen LogP contribution in [0.1, 0.15) is 33.1 Å². The van der Waals surface area contributed by atoms with Gasteiger partial charge in [0, 0.05) is 25.3 Å². The Balaban J connectivity index is 1.91. The first-order valence-corrected chi connectivity index (χ1v) is 7.18. The van der Waals surface area contributed by atoms with E-state index in [2.05, 4.69) is 35.9 Å². The lowest BCUT2D eigenvalue weighted by Crippen LogP contribution is -2.38. The van der Waals surface area contributed by atoms with Crippen LogP contribution in [-0.4, -0.2) is 36.7 Å². The molecule has 2 aliphatic rings. The molecule has 0 aromatic carbocycles. The van der Waals surface area contributed by atoms with E-state index < -0.39 is 5.67 Å². The zero-order chi connectivity index (χ0) is 13.9. The van der Waals surface area contributed by atoms with Crippen molar-refractivity contribution in [2.24, 2.45) is 0 Å². The average Bonchev–Trinajstić information content (AvgIpc) is 2.37. The molecule has 0 saturated carbocycles. The van der Waals surface area contributed by atoms with E-state index in [1.807, 2.05) is 0 Å². The van der Waals surface area contributed by atoms with Crippen molar-refractivity contribution < 1.29 is 4.39 Å². The van der Waals surface area contributed by atoms with Crippen molar-refractivity contribution in [3.05, 3.63) is 35.6 Å². The molecule has 0 atom stereocenters. The van der Waals surface area contributed by atoms with Crippen molar-refractivity contribution in [1.82, 2.24) is 10.2 Å². The lowest BCUT2D eigenvalue weighted by atomic mass is 9.95. The van der Waals surface area contributed by atoms with Crippen molar-refractivity contribution in [3.8, 4) is 0 Å². The highest BCUT2D eigenvalue weighted by Crippen LogP contribution is 2.27. The number of hydrogen-bond donors (Lipinski definition) is 1. The fraction of sp³-hybridized carbons (Fsp3) is 0.625. The Labute approximate surface area is 116 Å². The minimum absolute atomic E-state index is 0.600. The molecule has 106 valence electrons. The summed E-state index contributed by atoms with van der Waals surface area (Å²) in [6.07, 6.45) is 6.56. The van der Waals surface area contributed by atoms with E-state index in [-0.39, 0.29) is 0 Å². The summed E-state index contributed by atoms with van der Waals surface area (Å²) in [4.78, 5) is 2.18. The third-order valence-corrected chi connectivity index (χ3v) is 4.23.